The zero-order valence-electron chi connectivity index (χ0n) is 9.66. The summed E-state index contributed by atoms with van der Waals surface area (Å²) in [7, 11) is 0. The van der Waals surface area contributed by atoms with Crippen LogP contribution in [0.5, 0.6) is 5.75 Å². The fourth-order valence-corrected chi connectivity index (χ4v) is 1.91. The summed E-state index contributed by atoms with van der Waals surface area (Å²) >= 11 is 0. The number of nitrogens with one attached hydrogen (secondary N) is 1. The van der Waals surface area contributed by atoms with Gasteiger partial charge in [0.2, 0.25) is 5.91 Å². The van der Waals surface area contributed by atoms with E-state index in [-0.39, 0.29) is 17.6 Å². The smallest absolute Gasteiger partial charge is 0.227 e. The third kappa shape index (κ3) is 2.18. The molecule has 0 heterocycles. The molecular formula is C13H17NO2. The van der Waals surface area contributed by atoms with E-state index in [4.69, 9.17) is 0 Å². The molecule has 2 atom stereocenters. The highest BCUT2D eigenvalue weighted by Crippen LogP contribution is 2.38. The molecule has 0 aliphatic heterocycles. The van der Waals surface area contributed by atoms with Crippen molar-refractivity contribution in [2.45, 2.75) is 26.7 Å². The molecule has 1 amide bonds. The van der Waals surface area contributed by atoms with Gasteiger partial charge < -0.3 is 10.4 Å². The molecule has 3 nitrogen and oxygen atoms in total. The monoisotopic (exact) mass is 219 g/mol. The highest BCUT2D eigenvalue weighted by molar-refractivity contribution is 5.95. The average Bonchev–Trinajstić information content (AvgIpc) is 2.98. The van der Waals surface area contributed by atoms with Crippen LogP contribution in [0.1, 0.15) is 25.8 Å². The number of benzene rings is 1. The van der Waals surface area contributed by atoms with Gasteiger partial charge in [-0.05, 0) is 42.5 Å². The third-order valence-corrected chi connectivity index (χ3v) is 3.17. The Morgan fingerprint density at radius 3 is 2.81 bits per heavy atom. The van der Waals surface area contributed by atoms with E-state index in [2.05, 4.69) is 12.2 Å². The lowest BCUT2D eigenvalue weighted by atomic mass is 10.1. The van der Waals surface area contributed by atoms with Crippen molar-refractivity contribution in [1.82, 2.24) is 0 Å². The zero-order chi connectivity index (χ0) is 11.7. The Kier molecular flexibility index (Phi) is 2.86. The number of anilines is 1. The van der Waals surface area contributed by atoms with E-state index in [1.165, 1.54) is 0 Å². The molecule has 2 rings (SSSR count). The number of aromatic hydroxyl groups is 1. The van der Waals surface area contributed by atoms with Gasteiger partial charge in [-0.3, -0.25) is 4.79 Å². The Morgan fingerprint density at radius 1 is 1.56 bits per heavy atom. The molecule has 1 aromatic carbocycles. The van der Waals surface area contributed by atoms with Crippen molar-refractivity contribution in [3.05, 3.63) is 23.8 Å². The molecule has 16 heavy (non-hydrogen) atoms. The summed E-state index contributed by atoms with van der Waals surface area (Å²) in [6, 6.07) is 5.07. The molecule has 1 fully saturated rings. The van der Waals surface area contributed by atoms with Crippen LogP contribution in [-0.2, 0) is 11.2 Å². The van der Waals surface area contributed by atoms with Crippen LogP contribution < -0.4 is 5.32 Å². The minimum atomic E-state index is 0.105. The molecule has 0 bridgehead atoms. The first-order chi connectivity index (χ1) is 7.61. The van der Waals surface area contributed by atoms with E-state index >= 15 is 0 Å². The average molecular weight is 219 g/mol. The number of carbonyl (C=O) groups is 1. The maximum absolute atomic E-state index is 11.8. The Hall–Kier alpha value is -1.51. The molecule has 0 saturated heterocycles. The van der Waals surface area contributed by atoms with Gasteiger partial charge in [0.05, 0.1) is 0 Å². The lowest BCUT2D eigenvalue weighted by Crippen LogP contribution is -2.15. The van der Waals surface area contributed by atoms with Crippen LogP contribution in [0.3, 0.4) is 0 Å². The van der Waals surface area contributed by atoms with Crippen molar-refractivity contribution in [2.75, 3.05) is 5.32 Å². The van der Waals surface area contributed by atoms with E-state index in [9.17, 15) is 9.90 Å². The number of amides is 1. The summed E-state index contributed by atoms with van der Waals surface area (Å²) in [6.45, 7) is 4.09. The van der Waals surface area contributed by atoms with Gasteiger partial charge in [0, 0.05) is 11.6 Å². The highest BCUT2D eigenvalue weighted by atomic mass is 16.3. The number of phenolic OH excluding ortho intramolecular Hbond substituents is 1. The van der Waals surface area contributed by atoms with Crippen LogP contribution in [0.25, 0.3) is 0 Å². The summed E-state index contributed by atoms with van der Waals surface area (Å²) in [5, 5.41) is 12.3. The molecule has 86 valence electrons. The van der Waals surface area contributed by atoms with Crippen molar-refractivity contribution in [3.63, 3.8) is 0 Å². The van der Waals surface area contributed by atoms with Crippen molar-refractivity contribution in [2.24, 2.45) is 11.8 Å². The summed E-state index contributed by atoms with van der Waals surface area (Å²) in [6.07, 6.45) is 1.79. The predicted octanol–water partition coefficient (Wildman–Crippen LogP) is 2.55. The van der Waals surface area contributed by atoms with Gasteiger partial charge in [-0.1, -0.05) is 13.8 Å². The van der Waals surface area contributed by atoms with Gasteiger partial charge >= 0.3 is 0 Å². The first kappa shape index (κ1) is 11.0. The van der Waals surface area contributed by atoms with E-state index in [0.717, 1.165) is 24.1 Å². The summed E-state index contributed by atoms with van der Waals surface area (Å²) < 4.78 is 0. The first-order valence-corrected chi connectivity index (χ1v) is 5.74. The number of hydrogen-bond acceptors (Lipinski definition) is 2. The lowest BCUT2D eigenvalue weighted by Gasteiger charge is -2.10. The van der Waals surface area contributed by atoms with Gasteiger partial charge in [-0.25, -0.2) is 0 Å². The number of phenols is 1. The minimum Gasteiger partial charge on any atom is -0.508 e. The predicted molar refractivity (Wildman–Crippen MR) is 63.4 cm³/mol. The molecule has 2 unspecified atom stereocenters. The number of hydrogen-bond donors (Lipinski definition) is 2. The van der Waals surface area contributed by atoms with Crippen LogP contribution in [-0.4, -0.2) is 11.0 Å². The van der Waals surface area contributed by atoms with Gasteiger partial charge in [-0.15, -0.1) is 0 Å². The van der Waals surface area contributed by atoms with Crippen LogP contribution in [0.15, 0.2) is 18.2 Å². The molecule has 1 saturated carbocycles. The molecule has 1 aromatic rings. The maximum atomic E-state index is 11.8. The van der Waals surface area contributed by atoms with Crippen molar-refractivity contribution in [1.29, 1.82) is 0 Å². The number of aryl methyl sites for hydroxylation is 1. The van der Waals surface area contributed by atoms with Crippen molar-refractivity contribution < 1.29 is 9.90 Å². The van der Waals surface area contributed by atoms with Crippen molar-refractivity contribution in [3.8, 4) is 5.75 Å². The minimum absolute atomic E-state index is 0.105. The molecule has 0 aromatic heterocycles. The Labute approximate surface area is 95.5 Å². The standard InChI is InChI=1S/C13H17NO2/c1-3-9-7-10(15)4-5-12(9)14-13(16)11-6-8(11)2/h4-5,7-8,11,15H,3,6H2,1-2H3,(H,14,16). The molecule has 1 aliphatic carbocycles. The van der Waals surface area contributed by atoms with Crippen LogP contribution in [0, 0.1) is 11.8 Å². The fourth-order valence-electron chi connectivity index (χ4n) is 1.91. The zero-order valence-corrected chi connectivity index (χ0v) is 9.66. The topological polar surface area (TPSA) is 49.3 Å². The van der Waals surface area contributed by atoms with Crippen LogP contribution in [0.2, 0.25) is 0 Å². The Bertz CT molecular complexity index is 414. The van der Waals surface area contributed by atoms with E-state index in [1.807, 2.05) is 6.92 Å². The number of rotatable bonds is 3. The largest absolute Gasteiger partial charge is 0.508 e. The van der Waals surface area contributed by atoms with Gasteiger partial charge in [0.1, 0.15) is 5.75 Å². The molecule has 0 spiro atoms. The van der Waals surface area contributed by atoms with Gasteiger partial charge in [0.15, 0.2) is 0 Å². The normalized spacial score (nSPS) is 22.9. The quantitative estimate of drug-likeness (QED) is 0.767. The third-order valence-electron chi connectivity index (χ3n) is 3.17. The highest BCUT2D eigenvalue weighted by Gasteiger charge is 2.39. The molecule has 2 N–H and O–H groups in total. The van der Waals surface area contributed by atoms with E-state index in [0.29, 0.717) is 5.92 Å². The lowest BCUT2D eigenvalue weighted by molar-refractivity contribution is -0.117. The SMILES string of the molecule is CCc1cc(O)ccc1NC(=O)C1CC1C. The molecule has 1 aliphatic rings. The summed E-state index contributed by atoms with van der Waals surface area (Å²) in [4.78, 5) is 11.8. The van der Waals surface area contributed by atoms with Crippen molar-refractivity contribution >= 4 is 11.6 Å². The second kappa shape index (κ2) is 4.16. The summed E-state index contributed by atoms with van der Waals surface area (Å²) in [5.74, 6) is 1.04. The number of carbonyl (C=O) groups excluding carboxylic acids is 1. The Balaban J connectivity index is 2.11. The molecule has 3 heteroatoms. The maximum Gasteiger partial charge on any atom is 0.227 e. The summed E-state index contributed by atoms with van der Waals surface area (Å²) in [5.41, 5.74) is 1.80. The molecular weight excluding hydrogens is 202 g/mol. The first-order valence-electron chi connectivity index (χ1n) is 5.74. The fraction of sp³-hybridized carbons (Fsp3) is 0.462. The second-order valence-electron chi connectivity index (χ2n) is 4.50. The second-order valence-corrected chi connectivity index (χ2v) is 4.50. The van der Waals surface area contributed by atoms with E-state index in [1.54, 1.807) is 18.2 Å². The van der Waals surface area contributed by atoms with Crippen LogP contribution >= 0.6 is 0 Å². The Morgan fingerprint density at radius 2 is 2.25 bits per heavy atom. The van der Waals surface area contributed by atoms with E-state index < -0.39 is 0 Å². The molecule has 0 radical (unpaired) electrons. The van der Waals surface area contributed by atoms with Gasteiger partial charge in [0.25, 0.3) is 0 Å². The van der Waals surface area contributed by atoms with Gasteiger partial charge in [-0.2, -0.15) is 0 Å². The van der Waals surface area contributed by atoms with Crippen LogP contribution in [0.4, 0.5) is 5.69 Å².